The number of halogens is 2. The maximum absolute atomic E-state index is 12.1. The van der Waals surface area contributed by atoms with E-state index < -0.39 is 0 Å². The Hall–Kier alpha value is -1.71. The van der Waals surface area contributed by atoms with Gasteiger partial charge < -0.3 is 10.2 Å². The number of fused-ring (bicyclic) bond motifs is 1. The van der Waals surface area contributed by atoms with Crippen molar-refractivity contribution >= 4 is 40.5 Å². The average Bonchev–Trinajstić information content (AvgIpc) is 2.86. The zero-order valence-electron chi connectivity index (χ0n) is 11.3. The highest BCUT2D eigenvalue weighted by Gasteiger charge is 2.20. The van der Waals surface area contributed by atoms with Gasteiger partial charge in [-0.25, -0.2) is 0 Å². The molecule has 0 fully saturated rings. The van der Waals surface area contributed by atoms with Crippen molar-refractivity contribution in [3.63, 3.8) is 0 Å². The first-order valence-corrected chi connectivity index (χ1v) is 7.47. The van der Waals surface area contributed by atoms with Crippen molar-refractivity contribution < 1.29 is 4.79 Å². The number of para-hydroxylation sites is 1. The fraction of sp³-hybridized carbons (Fsp3) is 0.188. The first-order chi connectivity index (χ1) is 10.1. The summed E-state index contributed by atoms with van der Waals surface area (Å²) in [6.45, 7) is 1.20. The molecule has 0 saturated heterocycles. The van der Waals surface area contributed by atoms with E-state index in [9.17, 15) is 4.79 Å². The number of anilines is 2. The van der Waals surface area contributed by atoms with Crippen LogP contribution < -0.4 is 10.2 Å². The normalized spacial score (nSPS) is 13.1. The van der Waals surface area contributed by atoms with E-state index in [4.69, 9.17) is 23.2 Å². The molecule has 0 unspecified atom stereocenters. The Morgan fingerprint density at radius 1 is 1.14 bits per heavy atom. The Morgan fingerprint density at radius 3 is 2.76 bits per heavy atom. The largest absolute Gasteiger partial charge is 0.362 e. The minimum Gasteiger partial charge on any atom is -0.362 e. The second kappa shape index (κ2) is 5.96. The van der Waals surface area contributed by atoms with Crippen LogP contribution in [0.5, 0.6) is 0 Å². The molecule has 0 atom stereocenters. The molecule has 0 aliphatic carbocycles. The molecule has 1 N–H and O–H groups in total. The predicted molar refractivity (Wildman–Crippen MR) is 87.5 cm³/mol. The average molecular weight is 321 g/mol. The molecule has 2 aromatic rings. The molecule has 0 radical (unpaired) electrons. The number of hydrogen-bond donors (Lipinski definition) is 1. The molecule has 1 aliphatic heterocycles. The van der Waals surface area contributed by atoms with Gasteiger partial charge in [0.25, 0.3) is 0 Å². The summed E-state index contributed by atoms with van der Waals surface area (Å²) in [5, 5.41) is 3.75. The summed E-state index contributed by atoms with van der Waals surface area (Å²) in [5.74, 6) is -0.0647. The summed E-state index contributed by atoms with van der Waals surface area (Å²) in [5.41, 5.74) is 3.09. The zero-order chi connectivity index (χ0) is 14.8. The second-order valence-electron chi connectivity index (χ2n) is 4.98. The van der Waals surface area contributed by atoms with Gasteiger partial charge in [0.2, 0.25) is 5.91 Å². The van der Waals surface area contributed by atoms with Gasteiger partial charge in [-0.15, -0.1) is 0 Å². The molecule has 1 heterocycles. The Labute approximate surface area is 133 Å². The fourth-order valence-electron chi connectivity index (χ4n) is 2.52. The predicted octanol–water partition coefficient (Wildman–Crippen LogP) is 3.99. The number of nitrogens with one attached hydrogen (secondary N) is 1. The van der Waals surface area contributed by atoms with Gasteiger partial charge in [0, 0.05) is 17.9 Å². The minimum absolute atomic E-state index is 0.0647. The molecular formula is C16H14Cl2N2O. The molecule has 2 aromatic carbocycles. The summed E-state index contributed by atoms with van der Waals surface area (Å²) < 4.78 is 0. The van der Waals surface area contributed by atoms with Crippen LogP contribution in [0.25, 0.3) is 0 Å². The van der Waals surface area contributed by atoms with Crippen molar-refractivity contribution in [3.8, 4) is 0 Å². The van der Waals surface area contributed by atoms with E-state index in [-0.39, 0.29) is 5.91 Å². The van der Waals surface area contributed by atoms with Gasteiger partial charge >= 0.3 is 0 Å². The van der Waals surface area contributed by atoms with E-state index in [0.29, 0.717) is 22.3 Å². The molecule has 108 valence electrons. The van der Waals surface area contributed by atoms with E-state index in [0.717, 1.165) is 18.7 Å². The van der Waals surface area contributed by atoms with E-state index in [1.807, 2.05) is 12.1 Å². The summed E-state index contributed by atoms with van der Waals surface area (Å²) in [6, 6.07) is 13.2. The van der Waals surface area contributed by atoms with Gasteiger partial charge in [-0.05, 0) is 36.2 Å². The number of carbonyl (C=O) groups excluding carboxylic acids is 1. The van der Waals surface area contributed by atoms with Crippen LogP contribution in [0.15, 0.2) is 42.5 Å². The standard InChI is InChI=1S/C16H14Cl2N2O/c17-13-6-5-12(9-14(13)18)19-16(21)10-20-8-7-11-3-1-2-4-15(11)20/h1-6,9H,7-8,10H2,(H,19,21). The lowest BCUT2D eigenvalue weighted by molar-refractivity contribution is -0.115. The molecule has 21 heavy (non-hydrogen) atoms. The highest BCUT2D eigenvalue weighted by molar-refractivity contribution is 6.42. The first kappa shape index (κ1) is 14.2. The summed E-state index contributed by atoms with van der Waals surface area (Å²) >= 11 is 11.8. The van der Waals surface area contributed by atoms with Crippen molar-refractivity contribution in [2.45, 2.75) is 6.42 Å². The van der Waals surface area contributed by atoms with E-state index in [1.165, 1.54) is 5.56 Å². The van der Waals surface area contributed by atoms with Crippen LogP contribution in [0.3, 0.4) is 0 Å². The molecule has 3 nitrogen and oxygen atoms in total. The van der Waals surface area contributed by atoms with Gasteiger partial charge in [0.05, 0.1) is 16.6 Å². The van der Waals surface area contributed by atoms with Crippen LogP contribution in [0.1, 0.15) is 5.56 Å². The van der Waals surface area contributed by atoms with E-state index >= 15 is 0 Å². The van der Waals surface area contributed by atoms with Crippen molar-refractivity contribution in [1.29, 1.82) is 0 Å². The minimum atomic E-state index is -0.0647. The number of carbonyl (C=O) groups is 1. The third-order valence-electron chi connectivity index (χ3n) is 3.52. The quantitative estimate of drug-likeness (QED) is 0.927. The van der Waals surface area contributed by atoms with Gasteiger partial charge in [0.15, 0.2) is 0 Å². The highest BCUT2D eigenvalue weighted by Crippen LogP contribution is 2.27. The Balaban J connectivity index is 1.66. The summed E-state index contributed by atoms with van der Waals surface area (Å²) in [6.07, 6.45) is 0.982. The number of benzene rings is 2. The van der Waals surface area contributed by atoms with Crippen molar-refractivity contribution in [2.24, 2.45) is 0 Å². The lowest BCUT2D eigenvalue weighted by atomic mass is 10.2. The van der Waals surface area contributed by atoms with Crippen LogP contribution in [-0.2, 0) is 11.2 Å². The second-order valence-corrected chi connectivity index (χ2v) is 5.79. The first-order valence-electron chi connectivity index (χ1n) is 6.71. The Kier molecular flexibility index (Phi) is 4.04. The van der Waals surface area contributed by atoms with Crippen LogP contribution >= 0.6 is 23.2 Å². The lowest BCUT2D eigenvalue weighted by Gasteiger charge is -2.18. The van der Waals surface area contributed by atoms with E-state index in [2.05, 4.69) is 22.3 Å². The molecule has 0 aromatic heterocycles. The number of rotatable bonds is 3. The molecule has 0 saturated carbocycles. The topological polar surface area (TPSA) is 32.3 Å². The molecule has 1 aliphatic rings. The third-order valence-corrected chi connectivity index (χ3v) is 4.26. The fourth-order valence-corrected chi connectivity index (χ4v) is 2.82. The van der Waals surface area contributed by atoms with Crippen LogP contribution in [0.4, 0.5) is 11.4 Å². The Bertz CT molecular complexity index is 688. The number of amides is 1. The molecule has 5 heteroatoms. The lowest BCUT2D eigenvalue weighted by Crippen LogP contribution is -2.31. The van der Waals surface area contributed by atoms with Crippen molar-refractivity contribution in [2.75, 3.05) is 23.3 Å². The SMILES string of the molecule is O=C(CN1CCc2ccccc21)Nc1ccc(Cl)c(Cl)c1. The van der Waals surface area contributed by atoms with Crippen LogP contribution in [-0.4, -0.2) is 19.0 Å². The van der Waals surface area contributed by atoms with Gasteiger partial charge in [0.1, 0.15) is 0 Å². The van der Waals surface area contributed by atoms with Crippen LogP contribution in [0.2, 0.25) is 10.0 Å². The maximum Gasteiger partial charge on any atom is 0.243 e. The zero-order valence-corrected chi connectivity index (χ0v) is 12.8. The number of nitrogens with zero attached hydrogens (tertiary/aromatic N) is 1. The number of hydrogen-bond acceptors (Lipinski definition) is 2. The molecular weight excluding hydrogens is 307 g/mol. The molecule has 0 bridgehead atoms. The van der Waals surface area contributed by atoms with Crippen LogP contribution in [0, 0.1) is 0 Å². The summed E-state index contributed by atoms with van der Waals surface area (Å²) in [4.78, 5) is 14.2. The third kappa shape index (κ3) is 3.14. The molecule has 1 amide bonds. The van der Waals surface area contributed by atoms with Gasteiger partial charge in [-0.1, -0.05) is 41.4 Å². The van der Waals surface area contributed by atoms with Crippen molar-refractivity contribution in [3.05, 3.63) is 58.1 Å². The Morgan fingerprint density at radius 2 is 1.95 bits per heavy atom. The summed E-state index contributed by atoms with van der Waals surface area (Å²) in [7, 11) is 0. The molecule has 3 rings (SSSR count). The smallest absolute Gasteiger partial charge is 0.243 e. The highest BCUT2D eigenvalue weighted by atomic mass is 35.5. The van der Waals surface area contributed by atoms with Crippen molar-refractivity contribution in [1.82, 2.24) is 0 Å². The monoisotopic (exact) mass is 320 g/mol. The maximum atomic E-state index is 12.1. The van der Waals surface area contributed by atoms with E-state index in [1.54, 1.807) is 18.2 Å². The van der Waals surface area contributed by atoms with Gasteiger partial charge in [-0.2, -0.15) is 0 Å². The molecule has 0 spiro atoms. The van der Waals surface area contributed by atoms with Gasteiger partial charge in [-0.3, -0.25) is 4.79 Å².